The smallest absolute Gasteiger partial charge is 0.211 e. The van der Waals surface area contributed by atoms with Crippen LogP contribution < -0.4 is 0 Å². The van der Waals surface area contributed by atoms with Crippen molar-refractivity contribution in [1.29, 1.82) is 5.26 Å². The van der Waals surface area contributed by atoms with E-state index >= 15 is 0 Å². The number of benzene rings is 1. The molecular formula is C11H12NOS+. The molecule has 0 heterocycles. The summed E-state index contributed by atoms with van der Waals surface area (Å²) in [6.07, 6.45) is 4.09. The zero-order valence-electron chi connectivity index (χ0n) is 8.28. The Bertz CT molecular complexity index is 362. The quantitative estimate of drug-likeness (QED) is 0.557. The molecule has 0 aliphatic carbocycles. The third-order valence-electron chi connectivity index (χ3n) is 1.76. The minimum absolute atomic E-state index is 0.132. The van der Waals surface area contributed by atoms with E-state index in [0.29, 0.717) is 16.9 Å². The summed E-state index contributed by atoms with van der Waals surface area (Å²) in [5, 5.41) is 8.58. The van der Waals surface area contributed by atoms with E-state index in [1.54, 1.807) is 24.3 Å². The number of Topliss-reactive ketones (excluding diaryl/α,β-unsaturated/α-hetero) is 1. The first kappa shape index (κ1) is 10.8. The largest absolute Gasteiger partial charge is 0.289 e. The second-order valence-corrected chi connectivity index (χ2v) is 5.50. The number of hydrogen-bond donors (Lipinski definition) is 0. The lowest BCUT2D eigenvalue weighted by Gasteiger charge is -1.98. The van der Waals surface area contributed by atoms with Crippen LogP contribution in [0.5, 0.6) is 0 Å². The number of nitrogens with zero attached hydrogens (tertiary/aromatic N) is 1. The Balaban J connectivity index is 2.78. The Labute approximate surface area is 86.9 Å². The van der Waals surface area contributed by atoms with Gasteiger partial charge in [-0.05, 0) is 35.2 Å². The Hall–Kier alpha value is -1.27. The van der Waals surface area contributed by atoms with Crippen molar-refractivity contribution in [2.75, 3.05) is 18.3 Å². The second kappa shape index (κ2) is 4.83. The molecule has 0 aromatic heterocycles. The standard InChI is InChI=1S/C11H12NOS/c1-14(2)8-11(13)10-5-3-9(7-12)4-6-10/h3-6H,8H2,1-2H3/q+1. The van der Waals surface area contributed by atoms with Gasteiger partial charge >= 0.3 is 0 Å². The Kier molecular flexibility index (Phi) is 3.73. The van der Waals surface area contributed by atoms with E-state index in [2.05, 4.69) is 0 Å². The van der Waals surface area contributed by atoms with Gasteiger partial charge in [0, 0.05) is 5.56 Å². The van der Waals surface area contributed by atoms with Crippen molar-refractivity contribution in [2.24, 2.45) is 0 Å². The van der Waals surface area contributed by atoms with Crippen molar-refractivity contribution in [1.82, 2.24) is 0 Å². The molecule has 1 aromatic carbocycles. The van der Waals surface area contributed by atoms with Crippen LogP contribution in [-0.4, -0.2) is 24.0 Å². The molecule has 0 saturated carbocycles. The fraction of sp³-hybridized carbons (Fsp3) is 0.273. The SMILES string of the molecule is C[S+](C)CC(=O)c1ccc(C#N)cc1. The summed E-state index contributed by atoms with van der Waals surface area (Å²) in [7, 11) is 0.132. The molecule has 0 radical (unpaired) electrons. The van der Waals surface area contributed by atoms with Crippen LogP contribution in [0.2, 0.25) is 0 Å². The predicted octanol–water partition coefficient (Wildman–Crippen LogP) is 1.62. The molecule has 0 unspecified atom stereocenters. The highest BCUT2D eigenvalue weighted by Crippen LogP contribution is 2.05. The first-order valence-electron chi connectivity index (χ1n) is 4.21. The summed E-state index contributed by atoms with van der Waals surface area (Å²) in [6.45, 7) is 0. The molecule has 0 saturated heterocycles. The molecule has 0 bridgehead atoms. The van der Waals surface area contributed by atoms with Crippen LogP contribution >= 0.6 is 0 Å². The van der Waals surface area contributed by atoms with Crippen LogP contribution in [0, 0.1) is 11.3 Å². The van der Waals surface area contributed by atoms with Gasteiger partial charge in [-0.25, -0.2) is 0 Å². The van der Waals surface area contributed by atoms with E-state index in [9.17, 15) is 4.79 Å². The summed E-state index contributed by atoms with van der Waals surface area (Å²) in [5.41, 5.74) is 1.29. The number of rotatable bonds is 3. The molecule has 0 atom stereocenters. The summed E-state index contributed by atoms with van der Waals surface area (Å²) < 4.78 is 0. The molecular weight excluding hydrogens is 194 g/mol. The highest BCUT2D eigenvalue weighted by Gasteiger charge is 2.13. The Morgan fingerprint density at radius 2 is 1.93 bits per heavy atom. The van der Waals surface area contributed by atoms with Crippen molar-refractivity contribution < 1.29 is 4.79 Å². The first-order valence-corrected chi connectivity index (χ1v) is 6.42. The fourth-order valence-corrected chi connectivity index (χ4v) is 1.77. The van der Waals surface area contributed by atoms with Crippen molar-refractivity contribution >= 4 is 16.7 Å². The predicted molar refractivity (Wildman–Crippen MR) is 59.6 cm³/mol. The number of hydrogen-bond acceptors (Lipinski definition) is 2. The van der Waals surface area contributed by atoms with Gasteiger partial charge < -0.3 is 0 Å². The van der Waals surface area contributed by atoms with Gasteiger partial charge in [0.05, 0.1) is 24.1 Å². The summed E-state index contributed by atoms with van der Waals surface area (Å²) in [4.78, 5) is 11.6. The van der Waals surface area contributed by atoms with E-state index < -0.39 is 0 Å². The van der Waals surface area contributed by atoms with Crippen LogP contribution in [0.25, 0.3) is 0 Å². The maximum absolute atomic E-state index is 11.6. The van der Waals surface area contributed by atoms with Crippen molar-refractivity contribution in [3.63, 3.8) is 0 Å². The van der Waals surface area contributed by atoms with Gasteiger partial charge in [-0.15, -0.1) is 0 Å². The van der Waals surface area contributed by atoms with Crippen LogP contribution in [0.15, 0.2) is 24.3 Å². The van der Waals surface area contributed by atoms with Crippen LogP contribution in [0.1, 0.15) is 15.9 Å². The summed E-state index contributed by atoms with van der Waals surface area (Å²) in [5.74, 6) is 0.745. The summed E-state index contributed by atoms with van der Waals surface area (Å²) >= 11 is 0. The van der Waals surface area contributed by atoms with Gasteiger partial charge in [-0.3, -0.25) is 4.79 Å². The van der Waals surface area contributed by atoms with Gasteiger partial charge in [0.1, 0.15) is 0 Å². The molecule has 0 aliphatic heterocycles. The van der Waals surface area contributed by atoms with E-state index in [4.69, 9.17) is 5.26 Å². The number of nitriles is 1. The average Bonchev–Trinajstić information content (AvgIpc) is 2.17. The topological polar surface area (TPSA) is 40.9 Å². The molecule has 1 rings (SSSR count). The van der Waals surface area contributed by atoms with Crippen molar-refractivity contribution in [3.8, 4) is 6.07 Å². The van der Waals surface area contributed by atoms with Crippen LogP contribution in [0.3, 0.4) is 0 Å². The van der Waals surface area contributed by atoms with Gasteiger partial charge in [-0.2, -0.15) is 5.26 Å². The van der Waals surface area contributed by atoms with Gasteiger partial charge in [0.2, 0.25) is 5.78 Å². The normalized spacial score (nSPS) is 9.86. The van der Waals surface area contributed by atoms with E-state index in [1.807, 2.05) is 18.6 Å². The lowest BCUT2D eigenvalue weighted by Crippen LogP contribution is -2.13. The lowest BCUT2D eigenvalue weighted by atomic mass is 10.1. The van der Waals surface area contributed by atoms with E-state index in [0.717, 1.165) is 0 Å². The number of carbonyl (C=O) groups is 1. The lowest BCUT2D eigenvalue weighted by molar-refractivity contribution is 0.102. The minimum atomic E-state index is 0.132. The molecule has 0 N–H and O–H groups in total. The maximum Gasteiger partial charge on any atom is 0.211 e. The summed E-state index contributed by atoms with van der Waals surface area (Å²) in [6, 6.07) is 8.81. The number of ketones is 1. The Morgan fingerprint density at radius 1 is 1.36 bits per heavy atom. The zero-order chi connectivity index (χ0) is 10.6. The first-order chi connectivity index (χ1) is 6.63. The van der Waals surface area contributed by atoms with E-state index in [1.165, 1.54) is 0 Å². The van der Waals surface area contributed by atoms with Crippen molar-refractivity contribution in [3.05, 3.63) is 35.4 Å². The highest BCUT2D eigenvalue weighted by molar-refractivity contribution is 7.96. The molecule has 14 heavy (non-hydrogen) atoms. The minimum Gasteiger partial charge on any atom is -0.289 e. The van der Waals surface area contributed by atoms with Gasteiger partial charge in [-0.1, -0.05) is 0 Å². The van der Waals surface area contributed by atoms with Crippen molar-refractivity contribution in [2.45, 2.75) is 0 Å². The maximum atomic E-state index is 11.6. The Morgan fingerprint density at radius 3 is 2.36 bits per heavy atom. The fourth-order valence-electron chi connectivity index (χ4n) is 1.08. The molecule has 72 valence electrons. The molecule has 0 fully saturated rings. The van der Waals surface area contributed by atoms with Crippen LogP contribution in [0.4, 0.5) is 0 Å². The third kappa shape index (κ3) is 2.90. The molecule has 0 amide bonds. The zero-order valence-corrected chi connectivity index (χ0v) is 9.10. The third-order valence-corrected chi connectivity index (χ3v) is 2.60. The molecule has 0 spiro atoms. The highest BCUT2D eigenvalue weighted by atomic mass is 32.2. The van der Waals surface area contributed by atoms with Crippen LogP contribution in [-0.2, 0) is 10.9 Å². The molecule has 3 heteroatoms. The monoisotopic (exact) mass is 206 g/mol. The second-order valence-electron chi connectivity index (χ2n) is 3.24. The number of carbonyl (C=O) groups excluding carboxylic acids is 1. The molecule has 0 aliphatic rings. The molecule has 2 nitrogen and oxygen atoms in total. The molecule has 1 aromatic rings. The average molecular weight is 206 g/mol. The van der Waals surface area contributed by atoms with Gasteiger partial charge in [0.25, 0.3) is 0 Å². The van der Waals surface area contributed by atoms with E-state index in [-0.39, 0.29) is 16.7 Å². The van der Waals surface area contributed by atoms with Gasteiger partial charge in [0.15, 0.2) is 5.75 Å².